The summed E-state index contributed by atoms with van der Waals surface area (Å²) in [5, 5.41) is 7.40. The molecule has 0 fully saturated rings. The fourth-order valence-electron chi connectivity index (χ4n) is 0. The Labute approximate surface area is 83.9 Å². The summed E-state index contributed by atoms with van der Waals surface area (Å²) in [7, 11) is 0. The zero-order valence-electron chi connectivity index (χ0n) is 1.69. The van der Waals surface area contributed by atoms with Crippen LogP contribution in [0.2, 0.25) is 0 Å². The SMILES string of the molecule is N#C[O][Ir].[KH]. The second kappa shape index (κ2) is 9.13. The molecule has 0 bridgehead atoms. The number of nitrogens with zero attached hydrogens (tertiary/aromatic N) is 1. The Morgan fingerprint density at radius 3 is 2.00 bits per heavy atom. The average Bonchev–Trinajstić information content (AvgIpc) is 1.37. The van der Waals surface area contributed by atoms with E-state index in [1.54, 1.807) is 0 Å². The monoisotopic (exact) mass is 275 g/mol. The standard InChI is InChI=1S/CHNO.Ir.K.H/c2-1-3;;;/h3H;;;/q;+1;;/p-1. The van der Waals surface area contributed by atoms with Crippen LogP contribution < -0.4 is 0 Å². The van der Waals surface area contributed by atoms with Crippen LogP contribution in [0.1, 0.15) is 0 Å². The maximum atomic E-state index is 7.40. The zero-order chi connectivity index (χ0) is 3.41. The Hall–Kier alpha value is 1.58. The van der Waals surface area contributed by atoms with Gasteiger partial charge in [-0.2, -0.15) is 0 Å². The van der Waals surface area contributed by atoms with E-state index in [-0.39, 0.29) is 51.4 Å². The molecule has 0 rings (SSSR count). The molecule has 2 nitrogen and oxygen atoms in total. The first-order chi connectivity index (χ1) is 1.91. The van der Waals surface area contributed by atoms with Crippen LogP contribution in [-0.4, -0.2) is 51.4 Å². The average molecular weight is 274 g/mol. The van der Waals surface area contributed by atoms with Crippen molar-refractivity contribution in [3.8, 4) is 6.26 Å². The second-order valence-corrected chi connectivity index (χ2v) is 0.648. The van der Waals surface area contributed by atoms with Gasteiger partial charge in [0.2, 0.25) is 0 Å². The van der Waals surface area contributed by atoms with Gasteiger partial charge in [0.25, 0.3) is 0 Å². The Balaban J connectivity index is 0. The van der Waals surface area contributed by atoms with Gasteiger partial charge < -0.3 is 0 Å². The predicted molar refractivity (Wildman–Crippen MR) is 13.8 cm³/mol. The third kappa shape index (κ3) is 10.7. The van der Waals surface area contributed by atoms with Gasteiger partial charge in [-0.3, -0.25) is 0 Å². The Bertz CT molecular complexity index is 41.4. The maximum absolute atomic E-state index is 7.40. The first kappa shape index (κ1) is 9.76. The van der Waals surface area contributed by atoms with Gasteiger partial charge in [-0.15, -0.1) is 0 Å². The molecule has 0 aliphatic carbocycles. The summed E-state index contributed by atoms with van der Waals surface area (Å²) in [5.41, 5.74) is 0. The molecule has 0 aliphatic heterocycles. The second-order valence-electron chi connectivity index (χ2n) is 0.159. The third-order valence-electron chi connectivity index (χ3n) is 0.0304. The van der Waals surface area contributed by atoms with E-state index >= 15 is 0 Å². The summed E-state index contributed by atoms with van der Waals surface area (Å²) in [6.45, 7) is 0. The van der Waals surface area contributed by atoms with Gasteiger partial charge in [0.05, 0.1) is 0 Å². The number of nitriles is 1. The van der Waals surface area contributed by atoms with Crippen LogP contribution in [-0.2, 0) is 22.8 Å². The molecular weight excluding hydrogens is 273 g/mol. The van der Waals surface area contributed by atoms with Gasteiger partial charge in [0, 0.05) is 0 Å². The van der Waals surface area contributed by atoms with E-state index in [2.05, 4.69) is 3.50 Å². The molecule has 0 aromatic heterocycles. The molecule has 0 aromatic carbocycles. The Kier molecular flexibility index (Phi) is 17.8. The molecule has 0 radical (unpaired) electrons. The molecular formula is CHIrKNO. The van der Waals surface area contributed by atoms with E-state index in [1.165, 1.54) is 25.5 Å². The summed E-state index contributed by atoms with van der Waals surface area (Å²) in [5.74, 6) is 0. The summed E-state index contributed by atoms with van der Waals surface area (Å²) in [4.78, 5) is 0. The van der Waals surface area contributed by atoms with Crippen molar-refractivity contribution >= 4 is 51.4 Å². The molecule has 0 N–H and O–H groups in total. The topological polar surface area (TPSA) is 33.0 Å². The van der Waals surface area contributed by atoms with E-state index in [0.717, 1.165) is 0 Å². The van der Waals surface area contributed by atoms with E-state index < -0.39 is 0 Å². The fourth-order valence-corrected chi connectivity index (χ4v) is 0. The first-order valence-electron chi connectivity index (χ1n) is 0.564. The van der Waals surface area contributed by atoms with Crippen molar-refractivity contribution in [3.63, 3.8) is 0 Å². The summed E-state index contributed by atoms with van der Waals surface area (Å²) in [6, 6.07) is 0. The van der Waals surface area contributed by atoms with Crippen LogP contribution in [0.3, 0.4) is 0 Å². The molecule has 0 aliphatic rings. The number of hydrogen-bond donors (Lipinski definition) is 0. The molecule has 5 heavy (non-hydrogen) atoms. The van der Waals surface area contributed by atoms with Gasteiger partial charge in [-0.05, 0) is 0 Å². The molecule has 0 heterocycles. The van der Waals surface area contributed by atoms with E-state index in [9.17, 15) is 0 Å². The van der Waals surface area contributed by atoms with Crippen molar-refractivity contribution < 1.29 is 22.8 Å². The van der Waals surface area contributed by atoms with Crippen molar-refractivity contribution in [2.24, 2.45) is 0 Å². The summed E-state index contributed by atoms with van der Waals surface area (Å²) in [6.07, 6.45) is 1.43. The van der Waals surface area contributed by atoms with Crippen molar-refractivity contribution in [1.82, 2.24) is 0 Å². The van der Waals surface area contributed by atoms with Crippen LogP contribution in [0.25, 0.3) is 0 Å². The molecule has 26 valence electrons. The summed E-state index contributed by atoms with van der Waals surface area (Å²) < 4.78 is 3.85. The Morgan fingerprint density at radius 2 is 2.00 bits per heavy atom. The van der Waals surface area contributed by atoms with E-state index in [0.29, 0.717) is 0 Å². The summed E-state index contributed by atoms with van der Waals surface area (Å²) >= 11 is 1.32. The minimum absolute atomic E-state index is 0. The van der Waals surface area contributed by atoms with E-state index in [1.807, 2.05) is 0 Å². The van der Waals surface area contributed by atoms with Gasteiger partial charge in [-0.1, -0.05) is 0 Å². The molecule has 0 aromatic rings. The van der Waals surface area contributed by atoms with Crippen molar-refractivity contribution in [3.05, 3.63) is 0 Å². The quantitative estimate of drug-likeness (QED) is 0.432. The molecule has 0 unspecified atom stereocenters. The molecule has 0 atom stereocenters. The predicted octanol–water partition coefficient (Wildman–Crippen LogP) is -0.703. The minimum atomic E-state index is 0. The van der Waals surface area contributed by atoms with Crippen LogP contribution >= 0.6 is 0 Å². The molecule has 0 saturated heterocycles. The number of rotatable bonds is 0. The zero-order valence-corrected chi connectivity index (χ0v) is 4.08. The van der Waals surface area contributed by atoms with Crippen LogP contribution in [0.5, 0.6) is 0 Å². The van der Waals surface area contributed by atoms with Crippen molar-refractivity contribution in [1.29, 1.82) is 5.26 Å². The van der Waals surface area contributed by atoms with Crippen LogP contribution in [0, 0.1) is 11.5 Å². The first-order valence-corrected chi connectivity index (χ1v) is 1.54. The molecule has 0 saturated carbocycles. The normalized spacial score (nSPS) is 3.40. The van der Waals surface area contributed by atoms with Gasteiger partial charge in [0.1, 0.15) is 0 Å². The van der Waals surface area contributed by atoms with Crippen LogP contribution in [0.4, 0.5) is 0 Å². The van der Waals surface area contributed by atoms with Gasteiger partial charge in [0.15, 0.2) is 0 Å². The fraction of sp³-hybridized carbons (Fsp3) is 0. The molecule has 0 spiro atoms. The van der Waals surface area contributed by atoms with Crippen molar-refractivity contribution in [2.45, 2.75) is 0 Å². The van der Waals surface area contributed by atoms with E-state index in [4.69, 9.17) is 5.26 Å². The van der Waals surface area contributed by atoms with Crippen LogP contribution in [0.15, 0.2) is 0 Å². The Morgan fingerprint density at radius 1 is 1.80 bits per heavy atom. The molecule has 0 amide bonds. The van der Waals surface area contributed by atoms with Gasteiger partial charge >= 0.3 is 85.7 Å². The van der Waals surface area contributed by atoms with Gasteiger partial charge in [-0.25, -0.2) is 0 Å². The third-order valence-corrected chi connectivity index (χ3v) is 0.249. The van der Waals surface area contributed by atoms with Crippen molar-refractivity contribution in [2.75, 3.05) is 0 Å². The molecule has 4 heteroatoms. The number of hydrogen-bond acceptors (Lipinski definition) is 2.